The van der Waals surface area contributed by atoms with Crippen LogP contribution in [0.4, 0.5) is 0 Å². The Morgan fingerprint density at radius 3 is 1.35 bits per heavy atom. The van der Waals surface area contributed by atoms with E-state index in [1.54, 1.807) is 6.08 Å². The van der Waals surface area contributed by atoms with Crippen LogP contribution in [0.15, 0.2) is 97.2 Å². The molecule has 0 saturated carbocycles. The molecule has 1 fully saturated rings. The Bertz CT molecular complexity index is 1630. The van der Waals surface area contributed by atoms with Crippen LogP contribution in [-0.2, 0) is 23.8 Å². The predicted molar refractivity (Wildman–Crippen MR) is 324 cm³/mol. The zero-order valence-electron chi connectivity index (χ0n) is 49.5. The molecule has 0 aromatic rings. The third kappa shape index (κ3) is 41.6. The molecule has 78 heavy (non-hydrogen) atoms. The van der Waals surface area contributed by atoms with E-state index >= 15 is 0 Å². The van der Waals surface area contributed by atoms with Gasteiger partial charge >= 0.3 is 5.97 Å². The van der Waals surface area contributed by atoms with Crippen molar-refractivity contribution in [3.8, 4) is 0 Å². The monoisotopic (exact) mass is 1090 g/mol. The van der Waals surface area contributed by atoms with Gasteiger partial charge in [-0.2, -0.15) is 0 Å². The summed E-state index contributed by atoms with van der Waals surface area (Å²) in [5.74, 6) is -1.24. The molecule has 448 valence electrons. The topological polar surface area (TPSA) is 175 Å². The number of amides is 1. The molecule has 0 spiro atoms. The van der Waals surface area contributed by atoms with Crippen molar-refractivity contribution in [1.82, 2.24) is 5.32 Å². The second-order valence-corrected chi connectivity index (χ2v) is 21.4. The fourth-order valence-electron chi connectivity index (χ4n) is 9.17. The predicted octanol–water partition coefficient (Wildman–Crippen LogP) is 15.1. The van der Waals surface area contributed by atoms with Crippen LogP contribution < -0.4 is 5.32 Å². The number of carbonyl (C=O) groups is 2. The number of aliphatic hydroxyl groups excluding tert-OH is 5. The molecule has 1 aliphatic rings. The van der Waals surface area contributed by atoms with Crippen LogP contribution in [0.3, 0.4) is 0 Å². The van der Waals surface area contributed by atoms with E-state index in [9.17, 15) is 35.1 Å². The van der Waals surface area contributed by atoms with E-state index in [0.29, 0.717) is 12.8 Å². The fraction of sp³-hybridized carbons (Fsp3) is 0.731. The van der Waals surface area contributed by atoms with Gasteiger partial charge in [0.25, 0.3) is 0 Å². The Morgan fingerprint density at radius 1 is 0.500 bits per heavy atom. The van der Waals surface area contributed by atoms with Crippen molar-refractivity contribution in [1.29, 1.82) is 0 Å². The molecular weight excluding hydrogens is 979 g/mol. The lowest BCUT2D eigenvalue weighted by atomic mass is 9.99. The molecular formula is C67H115NO10. The van der Waals surface area contributed by atoms with E-state index in [2.05, 4.69) is 111 Å². The minimum atomic E-state index is -1.63. The Balaban J connectivity index is 2.72. The molecule has 0 aromatic heterocycles. The number of nitrogens with one attached hydrogen (secondary N) is 1. The number of hydrogen-bond donors (Lipinski definition) is 6. The molecule has 0 radical (unpaired) electrons. The molecule has 1 heterocycles. The van der Waals surface area contributed by atoms with Crippen molar-refractivity contribution in [2.75, 3.05) is 13.2 Å². The SMILES string of the molecule is CCCCC/C=C\C/C=C\C/C=C\C/C=C\CCCCCC(=O)OC1C(OCC(NC(=O)C(O)CCCCCCC/C=C\C/C=C\C/C=C\CCCCC)C(O)/C=C/CCCCCCCCCCCC)OC(CO)C(O)C1O. The van der Waals surface area contributed by atoms with Crippen LogP contribution in [-0.4, -0.2) is 99.6 Å². The van der Waals surface area contributed by atoms with Gasteiger partial charge < -0.3 is 45.1 Å². The summed E-state index contributed by atoms with van der Waals surface area (Å²) < 4.78 is 17.6. The average molecular weight is 1090 g/mol. The van der Waals surface area contributed by atoms with E-state index < -0.39 is 67.4 Å². The number of aliphatic hydroxyl groups is 5. The summed E-state index contributed by atoms with van der Waals surface area (Å²) in [6.07, 6.45) is 61.5. The number of hydrogen-bond acceptors (Lipinski definition) is 10. The first-order valence-corrected chi connectivity index (χ1v) is 31.5. The van der Waals surface area contributed by atoms with Crippen LogP contribution in [0, 0.1) is 0 Å². The first kappa shape index (κ1) is 72.6. The van der Waals surface area contributed by atoms with Crippen LogP contribution >= 0.6 is 0 Å². The van der Waals surface area contributed by atoms with Crippen LogP contribution in [0.5, 0.6) is 0 Å². The Hall–Kier alpha value is -3.42. The van der Waals surface area contributed by atoms with Gasteiger partial charge in [-0.25, -0.2) is 0 Å². The number of rotatable bonds is 52. The highest BCUT2D eigenvalue weighted by Crippen LogP contribution is 2.26. The maximum atomic E-state index is 13.4. The zero-order valence-corrected chi connectivity index (χ0v) is 49.5. The van der Waals surface area contributed by atoms with E-state index in [1.807, 2.05) is 6.08 Å². The zero-order chi connectivity index (χ0) is 56.8. The number of carbonyl (C=O) groups excluding carboxylic acids is 2. The Morgan fingerprint density at radius 2 is 0.885 bits per heavy atom. The molecule has 1 rings (SSSR count). The summed E-state index contributed by atoms with van der Waals surface area (Å²) in [7, 11) is 0. The van der Waals surface area contributed by atoms with Crippen LogP contribution in [0.1, 0.15) is 252 Å². The molecule has 8 unspecified atom stereocenters. The molecule has 0 bridgehead atoms. The highest BCUT2D eigenvalue weighted by atomic mass is 16.7. The van der Waals surface area contributed by atoms with Gasteiger partial charge in [0, 0.05) is 6.42 Å². The quantitative estimate of drug-likeness (QED) is 0.0195. The van der Waals surface area contributed by atoms with Crippen molar-refractivity contribution in [2.45, 2.75) is 301 Å². The minimum absolute atomic E-state index is 0.0798. The van der Waals surface area contributed by atoms with Gasteiger partial charge in [-0.15, -0.1) is 0 Å². The van der Waals surface area contributed by atoms with Gasteiger partial charge in [-0.1, -0.05) is 234 Å². The molecule has 0 aliphatic carbocycles. The van der Waals surface area contributed by atoms with Gasteiger partial charge in [-0.05, 0) is 109 Å². The van der Waals surface area contributed by atoms with Crippen LogP contribution in [0.2, 0.25) is 0 Å². The van der Waals surface area contributed by atoms with E-state index in [1.165, 1.54) is 96.3 Å². The van der Waals surface area contributed by atoms with Crippen molar-refractivity contribution in [2.24, 2.45) is 0 Å². The van der Waals surface area contributed by atoms with E-state index in [-0.39, 0.29) is 19.4 Å². The lowest BCUT2D eigenvalue weighted by molar-refractivity contribution is -0.305. The van der Waals surface area contributed by atoms with Gasteiger partial charge in [-0.3, -0.25) is 9.59 Å². The highest BCUT2D eigenvalue weighted by Gasteiger charge is 2.47. The number of allylic oxidation sites excluding steroid dienone is 15. The van der Waals surface area contributed by atoms with E-state index in [4.69, 9.17) is 14.2 Å². The number of esters is 1. The molecule has 1 saturated heterocycles. The summed E-state index contributed by atoms with van der Waals surface area (Å²) in [4.78, 5) is 26.5. The standard InChI is InChI=1S/C67H115NO10/c1-4-7-10-13-16-19-22-25-27-29-31-33-35-37-40-43-46-49-52-55-62(72)78-65-64(74)63(73)61(56-69)77-67(65)76-57-58(59(70)53-50-47-44-41-38-24-21-18-15-12-9-6-3)68-66(75)60(71)54-51-48-45-42-39-36-34-32-30-28-26-23-20-17-14-11-8-5-2/h16-17,19-20,25-28,31-34,37,40,50,53,58-61,63-65,67,69-71,73-74H,4-15,18,21-24,29-30,35-36,38-39,41-49,51-52,54-57H2,1-3H3,(H,68,75)/b19-16-,20-17-,27-25-,28-26-,33-31-,34-32-,40-37-,53-50+. The first-order valence-electron chi connectivity index (χ1n) is 31.5. The molecule has 6 N–H and O–H groups in total. The lowest BCUT2D eigenvalue weighted by Gasteiger charge is -2.41. The molecule has 1 amide bonds. The van der Waals surface area contributed by atoms with Crippen molar-refractivity contribution < 1.29 is 49.3 Å². The van der Waals surface area contributed by atoms with Gasteiger partial charge in [0.1, 0.15) is 24.4 Å². The third-order valence-electron chi connectivity index (χ3n) is 14.2. The molecule has 11 heteroatoms. The summed E-state index contributed by atoms with van der Waals surface area (Å²) in [6, 6.07) is -1.04. The summed E-state index contributed by atoms with van der Waals surface area (Å²) in [5, 5.41) is 57.0. The molecule has 0 aromatic carbocycles. The normalized spacial score (nSPS) is 19.6. The van der Waals surface area contributed by atoms with Gasteiger partial charge in [0.05, 0.1) is 25.4 Å². The Labute approximate surface area is 475 Å². The molecule has 11 nitrogen and oxygen atoms in total. The van der Waals surface area contributed by atoms with E-state index in [0.717, 1.165) is 109 Å². The van der Waals surface area contributed by atoms with Crippen LogP contribution in [0.25, 0.3) is 0 Å². The van der Waals surface area contributed by atoms with Crippen molar-refractivity contribution in [3.05, 3.63) is 97.2 Å². The van der Waals surface area contributed by atoms with Gasteiger partial charge in [0.2, 0.25) is 5.91 Å². The minimum Gasteiger partial charge on any atom is -0.454 e. The fourth-order valence-corrected chi connectivity index (χ4v) is 9.17. The third-order valence-corrected chi connectivity index (χ3v) is 14.2. The number of unbranched alkanes of at least 4 members (excludes halogenated alkanes) is 24. The maximum absolute atomic E-state index is 13.4. The number of ether oxygens (including phenoxy) is 3. The first-order chi connectivity index (χ1) is 38.2. The summed E-state index contributed by atoms with van der Waals surface area (Å²) >= 11 is 0. The summed E-state index contributed by atoms with van der Waals surface area (Å²) in [6.45, 7) is 5.70. The molecule has 8 atom stereocenters. The summed E-state index contributed by atoms with van der Waals surface area (Å²) in [5.41, 5.74) is 0. The van der Waals surface area contributed by atoms with Crippen molar-refractivity contribution in [3.63, 3.8) is 0 Å². The second-order valence-electron chi connectivity index (χ2n) is 21.4. The second kappa shape index (κ2) is 54.2. The smallest absolute Gasteiger partial charge is 0.306 e. The highest BCUT2D eigenvalue weighted by molar-refractivity contribution is 5.80. The lowest BCUT2D eigenvalue weighted by Crippen LogP contribution is -2.61. The Kier molecular flexibility index (Phi) is 50.4. The molecule has 1 aliphatic heterocycles. The maximum Gasteiger partial charge on any atom is 0.306 e. The average Bonchev–Trinajstić information content (AvgIpc) is 3.45. The van der Waals surface area contributed by atoms with Crippen molar-refractivity contribution >= 4 is 11.9 Å². The van der Waals surface area contributed by atoms with Gasteiger partial charge in [0.15, 0.2) is 12.4 Å². The largest absolute Gasteiger partial charge is 0.454 e.